The van der Waals surface area contributed by atoms with Crippen molar-refractivity contribution in [3.05, 3.63) is 0 Å². The van der Waals surface area contributed by atoms with Gasteiger partial charge in [0, 0.05) is 0 Å². The number of carbonyl (C=O) groups excluding carboxylic acids is 1. The molecule has 0 amide bonds. The van der Waals surface area contributed by atoms with Crippen LogP contribution in [0.4, 0.5) is 4.39 Å². The molecule has 0 spiro atoms. The van der Waals surface area contributed by atoms with E-state index in [2.05, 4.69) is 0 Å². The largest absolute Gasteiger partial charge is 0.458 e. The average Bonchev–Trinajstić information content (AvgIpc) is 2.00. The third-order valence-corrected chi connectivity index (χ3v) is 1.58. The molecule has 1 N–H and O–H groups in total. The van der Waals surface area contributed by atoms with Crippen molar-refractivity contribution in [1.82, 2.24) is 0 Å². The van der Waals surface area contributed by atoms with E-state index < -0.39 is 23.8 Å². The summed E-state index contributed by atoms with van der Waals surface area (Å²) in [6.07, 6.45) is -0.0849. The summed E-state index contributed by atoms with van der Waals surface area (Å²) in [5.74, 6) is -0.995. The summed E-state index contributed by atoms with van der Waals surface area (Å²) in [6, 6.07) is 0. The number of carbonyl (C=O) groups is 1. The Kier molecular flexibility index (Phi) is 3.85. The molecule has 78 valence electrons. The number of ether oxygens (including phenoxy) is 1. The fourth-order valence-corrected chi connectivity index (χ4v) is 0.690. The monoisotopic (exact) mass is 192 g/mol. The number of aliphatic hydroxyl groups excluding tert-OH is 1. The number of alkyl halides is 1. The van der Waals surface area contributed by atoms with Gasteiger partial charge >= 0.3 is 5.97 Å². The van der Waals surface area contributed by atoms with Gasteiger partial charge in [0.2, 0.25) is 5.67 Å². The van der Waals surface area contributed by atoms with Crippen molar-refractivity contribution in [3.8, 4) is 0 Å². The smallest absolute Gasteiger partial charge is 0.346 e. The van der Waals surface area contributed by atoms with Gasteiger partial charge in [-0.25, -0.2) is 9.18 Å². The lowest BCUT2D eigenvalue weighted by atomic mass is 10.0. The van der Waals surface area contributed by atoms with Gasteiger partial charge in [0.1, 0.15) is 5.60 Å². The molecule has 0 aromatic heterocycles. The van der Waals surface area contributed by atoms with Crippen LogP contribution in [0.15, 0.2) is 0 Å². The Bertz CT molecular complexity index is 180. The van der Waals surface area contributed by atoms with Gasteiger partial charge in [-0.05, 0) is 27.2 Å². The van der Waals surface area contributed by atoms with Gasteiger partial charge in [0.15, 0.2) is 0 Å². The van der Waals surface area contributed by atoms with Crippen LogP contribution < -0.4 is 0 Å². The second-order valence-corrected chi connectivity index (χ2v) is 3.98. The Morgan fingerprint density at radius 1 is 1.46 bits per heavy atom. The molecule has 0 unspecified atom stereocenters. The first-order valence-electron chi connectivity index (χ1n) is 4.28. The van der Waals surface area contributed by atoms with Crippen LogP contribution in [0.25, 0.3) is 0 Å². The molecule has 0 rings (SSSR count). The molecule has 0 aliphatic carbocycles. The number of aliphatic hydroxyl groups is 1. The molecule has 1 atom stereocenters. The Morgan fingerprint density at radius 2 is 1.92 bits per heavy atom. The topological polar surface area (TPSA) is 46.5 Å². The fourth-order valence-electron chi connectivity index (χ4n) is 0.690. The van der Waals surface area contributed by atoms with Crippen LogP contribution in [-0.4, -0.2) is 29.0 Å². The molecule has 0 heterocycles. The Morgan fingerprint density at radius 3 is 2.15 bits per heavy atom. The summed E-state index contributed by atoms with van der Waals surface area (Å²) >= 11 is 0. The zero-order valence-electron chi connectivity index (χ0n) is 8.56. The summed E-state index contributed by atoms with van der Waals surface area (Å²) < 4.78 is 18.3. The first kappa shape index (κ1) is 12.4. The molecular formula is C9H17FO3. The van der Waals surface area contributed by atoms with Crippen LogP contribution in [0, 0.1) is 0 Å². The molecule has 0 aliphatic heterocycles. The van der Waals surface area contributed by atoms with E-state index in [0.29, 0.717) is 0 Å². The molecule has 0 fully saturated rings. The molecule has 3 nitrogen and oxygen atoms in total. The van der Waals surface area contributed by atoms with Gasteiger partial charge in [-0.15, -0.1) is 0 Å². The minimum absolute atomic E-state index is 0.0849. The van der Waals surface area contributed by atoms with Crippen molar-refractivity contribution in [2.45, 2.75) is 45.4 Å². The number of hydrogen-bond acceptors (Lipinski definition) is 3. The first-order chi connectivity index (χ1) is 5.75. The van der Waals surface area contributed by atoms with E-state index in [1.54, 1.807) is 20.8 Å². The number of esters is 1. The second kappa shape index (κ2) is 4.05. The van der Waals surface area contributed by atoms with Gasteiger partial charge in [-0.1, -0.05) is 6.92 Å². The van der Waals surface area contributed by atoms with Crippen molar-refractivity contribution in [2.24, 2.45) is 0 Å². The molecule has 0 saturated heterocycles. The quantitative estimate of drug-likeness (QED) is 0.688. The third-order valence-electron chi connectivity index (χ3n) is 1.58. The average molecular weight is 192 g/mol. The van der Waals surface area contributed by atoms with Gasteiger partial charge in [-0.2, -0.15) is 0 Å². The van der Waals surface area contributed by atoms with Crippen molar-refractivity contribution in [1.29, 1.82) is 0 Å². The molecule has 0 radical (unpaired) electrons. The van der Waals surface area contributed by atoms with Gasteiger partial charge in [0.05, 0.1) is 6.61 Å². The SMILES string of the molecule is CC[C@](F)(CO)C(=O)OC(C)(C)C. The van der Waals surface area contributed by atoms with Crippen LogP contribution in [0.3, 0.4) is 0 Å². The van der Waals surface area contributed by atoms with Crippen molar-refractivity contribution in [3.63, 3.8) is 0 Å². The van der Waals surface area contributed by atoms with E-state index in [4.69, 9.17) is 9.84 Å². The Hall–Kier alpha value is -0.640. The fraction of sp³-hybridized carbons (Fsp3) is 0.889. The maximum atomic E-state index is 13.4. The highest BCUT2D eigenvalue weighted by molar-refractivity contribution is 5.79. The second-order valence-electron chi connectivity index (χ2n) is 3.98. The highest BCUT2D eigenvalue weighted by Crippen LogP contribution is 2.20. The summed E-state index contributed by atoms with van der Waals surface area (Å²) in [4.78, 5) is 11.2. The van der Waals surface area contributed by atoms with Crippen LogP contribution in [0.5, 0.6) is 0 Å². The first-order valence-corrected chi connectivity index (χ1v) is 4.28. The van der Waals surface area contributed by atoms with Crippen molar-refractivity contribution >= 4 is 5.97 Å². The standard InChI is InChI=1S/C9H17FO3/c1-5-9(10,6-11)7(12)13-8(2,3)4/h11H,5-6H2,1-4H3/t9-/m0/s1. The zero-order valence-corrected chi connectivity index (χ0v) is 8.56. The highest BCUT2D eigenvalue weighted by Gasteiger charge is 2.39. The summed E-state index contributed by atoms with van der Waals surface area (Å²) in [5.41, 5.74) is -2.98. The Labute approximate surface area is 77.9 Å². The van der Waals surface area contributed by atoms with Crippen molar-refractivity contribution < 1.29 is 19.0 Å². The summed E-state index contributed by atoms with van der Waals surface area (Å²) in [5, 5.41) is 8.68. The number of hydrogen-bond donors (Lipinski definition) is 1. The van der Waals surface area contributed by atoms with E-state index in [1.165, 1.54) is 6.92 Å². The lowest BCUT2D eigenvalue weighted by Gasteiger charge is -2.26. The predicted octanol–water partition coefficient (Wildman–Crippen LogP) is 1.44. The number of rotatable bonds is 3. The maximum absolute atomic E-state index is 13.4. The predicted molar refractivity (Wildman–Crippen MR) is 47.1 cm³/mol. The number of halogens is 1. The lowest BCUT2D eigenvalue weighted by Crippen LogP contribution is -2.42. The van der Waals surface area contributed by atoms with Gasteiger partial charge in [0.25, 0.3) is 0 Å². The lowest BCUT2D eigenvalue weighted by molar-refractivity contribution is -0.172. The third kappa shape index (κ3) is 3.72. The van der Waals surface area contributed by atoms with E-state index in [9.17, 15) is 9.18 Å². The molecule has 13 heavy (non-hydrogen) atoms. The maximum Gasteiger partial charge on any atom is 0.346 e. The molecular weight excluding hydrogens is 175 g/mol. The van der Waals surface area contributed by atoms with E-state index in [0.717, 1.165) is 0 Å². The van der Waals surface area contributed by atoms with E-state index in [1.807, 2.05) is 0 Å². The molecule has 0 bridgehead atoms. The normalized spacial score (nSPS) is 16.5. The Balaban J connectivity index is 4.41. The molecule has 0 saturated carbocycles. The summed E-state index contributed by atoms with van der Waals surface area (Å²) in [7, 11) is 0. The van der Waals surface area contributed by atoms with Crippen LogP contribution in [-0.2, 0) is 9.53 Å². The highest BCUT2D eigenvalue weighted by atomic mass is 19.1. The summed E-state index contributed by atoms with van der Waals surface area (Å²) in [6.45, 7) is 5.60. The van der Waals surface area contributed by atoms with Gasteiger partial charge in [-0.3, -0.25) is 0 Å². The van der Waals surface area contributed by atoms with E-state index >= 15 is 0 Å². The zero-order chi connectivity index (χ0) is 10.7. The van der Waals surface area contributed by atoms with Gasteiger partial charge < -0.3 is 9.84 Å². The minimum atomic E-state index is -2.26. The van der Waals surface area contributed by atoms with Crippen LogP contribution in [0.2, 0.25) is 0 Å². The minimum Gasteiger partial charge on any atom is -0.458 e. The van der Waals surface area contributed by atoms with Crippen molar-refractivity contribution in [2.75, 3.05) is 6.61 Å². The van der Waals surface area contributed by atoms with Crippen LogP contribution >= 0.6 is 0 Å². The van der Waals surface area contributed by atoms with E-state index in [-0.39, 0.29) is 6.42 Å². The molecule has 0 aliphatic rings. The molecule has 0 aromatic rings. The molecule has 4 heteroatoms. The van der Waals surface area contributed by atoms with Crippen LogP contribution in [0.1, 0.15) is 34.1 Å². The molecule has 0 aromatic carbocycles.